The van der Waals surface area contributed by atoms with E-state index in [2.05, 4.69) is 4.98 Å². The van der Waals surface area contributed by atoms with Crippen LogP contribution in [0.3, 0.4) is 0 Å². The number of pyridine rings is 1. The van der Waals surface area contributed by atoms with Crippen LogP contribution in [0.15, 0.2) is 24.5 Å². The van der Waals surface area contributed by atoms with E-state index in [-0.39, 0.29) is 18.8 Å². The highest BCUT2D eigenvalue weighted by atomic mass is 19.3. The SMILES string of the molecule is OC(CCc1cccnc1)CC1CCC(F)(F)C1. The molecule has 0 bridgehead atoms. The average Bonchev–Trinajstić information content (AvgIpc) is 2.67. The van der Waals surface area contributed by atoms with E-state index >= 15 is 0 Å². The van der Waals surface area contributed by atoms with Gasteiger partial charge in [0.1, 0.15) is 0 Å². The van der Waals surface area contributed by atoms with Crippen LogP contribution in [0.1, 0.15) is 37.7 Å². The number of alkyl halides is 2. The normalized spacial score (nSPS) is 24.1. The van der Waals surface area contributed by atoms with Crippen molar-refractivity contribution in [3.05, 3.63) is 30.1 Å². The van der Waals surface area contributed by atoms with Gasteiger partial charge in [0.15, 0.2) is 0 Å². The molecule has 4 heteroatoms. The second kappa shape index (κ2) is 5.74. The molecule has 0 spiro atoms. The van der Waals surface area contributed by atoms with Crippen molar-refractivity contribution >= 4 is 0 Å². The van der Waals surface area contributed by atoms with Crippen LogP contribution < -0.4 is 0 Å². The molecule has 1 saturated carbocycles. The lowest BCUT2D eigenvalue weighted by Crippen LogP contribution is -2.15. The zero-order valence-corrected chi connectivity index (χ0v) is 10.4. The molecule has 1 aromatic rings. The van der Waals surface area contributed by atoms with Gasteiger partial charge < -0.3 is 5.11 Å². The van der Waals surface area contributed by atoms with Gasteiger partial charge in [-0.15, -0.1) is 0 Å². The predicted octanol–water partition coefficient (Wildman–Crippen LogP) is 3.20. The molecule has 2 unspecified atom stereocenters. The Morgan fingerprint density at radius 3 is 2.94 bits per heavy atom. The third kappa shape index (κ3) is 4.02. The second-order valence-electron chi connectivity index (χ2n) is 5.25. The van der Waals surface area contributed by atoms with Crippen molar-refractivity contribution in [3.63, 3.8) is 0 Å². The van der Waals surface area contributed by atoms with Crippen molar-refractivity contribution in [2.24, 2.45) is 5.92 Å². The number of nitrogens with zero attached hydrogens (tertiary/aromatic N) is 1. The van der Waals surface area contributed by atoms with Crippen molar-refractivity contribution in [1.29, 1.82) is 0 Å². The topological polar surface area (TPSA) is 33.1 Å². The molecular weight excluding hydrogens is 236 g/mol. The summed E-state index contributed by atoms with van der Waals surface area (Å²) in [4.78, 5) is 4.00. The van der Waals surface area contributed by atoms with E-state index in [1.54, 1.807) is 12.4 Å². The van der Waals surface area contributed by atoms with E-state index in [1.807, 2.05) is 12.1 Å². The van der Waals surface area contributed by atoms with Gasteiger partial charge in [-0.05, 0) is 43.2 Å². The van der Waals surface area contributed by atoms with Gasteiger partial charge >= 0.3 is 0 Å². The maximum Gasteiger partial charge on any atom is 0.248 e. The zero-order valence-electron chi connectivity index (χ0n) is 10.4. The van der Waals surface area contributed by atoms with Gasteiger partial charge in [0.05, 0.1) is 6.10 Å². The van der Waals surface area contributed by atoms with Crippen LogP contribution in [0.2, 0.25) is 0 Å². The van der Waals surface area contributed by atoms with Crippen LogP contribution in [-0.2, 0) is 6.42 Å². The van der Waals surface area contributed by atoms with Gasteiger partial charge in [-0.25, -0.2) is 8.78 Å². The van der Waals surface area contributed by atoms with E-state index in [1.165, 1.54) is 0 Å². The smallest absolute Gasteiger partial charge is 0.248 e. The third-order valence-corrected chi connectivity index (χ3v) is 3.60. The Bertz CT molecular complexity index is 369. The quantitative estimate of drug-likeness (QED) is 0.876. The number of aliphatic hydroxyl groups excluding tert-OH is 1. The molecule has 0 aliphatic heterocycles. The minimum absolute atomic E-state index is 0.0208. The summed E-state index contributed by atoms with van der Waals surface area (Å²) in [5.74, 6) is -2.53. The molecule has 0 saturated heterocycles. The first-order chi connectivity index (χ1) is 8.55. The molecule has 2 rings (SSSR count). The molecule has 1 fully saturated rings. The number of rotatable bonds is 5. The van der Waals surface area contributed by atoms with Crippen molar-refractivity contribution in [1.82, 2.24) is 4.98 Å². The summed E-state index contributed by atoms with van der Waals surface area (Å²) in [6, 6.07) is 3.82. The number of aryl methyl sites for hydroxylation is 1. The van der Waals surface area contributed by atoms with Gasteiger partial charge in [-0.2, -0.15) is 0 Å². The standard InChI is InChI=1S/C14H19F2NO/c15-14(16)6-5-12(9-14)8-13(18)4-3-11-2-1-7-17-10-11/h1-2,7,10,12-13,18H,3-6,8-9H2. The summed E-state index contributed by atoms with van der Waals surface area (Å²) in [6.07, 6.45) is 5.32. The molecule has 0 aromatic carbocycles. The van der Waals surface area contributed by atoms with Gasteiger partial charge in [0.25, 0.3) is 0 Å². The minimum Gasteiger partial charge on any atom is -0.393 e. The van der Waals surface area contributed by atoms with Crippen molar-refractivity contribution in [2.75, 3.05) is 0 Å². The minimum atomic E-state index is -2.51. The summed E-state index contributed by atoms with van der Waals surface area (Å²) in [7, 11) is 0. The second-order valence-corrected chi connectivity index (χ2v) is 5.25. The van der Waals surface area contributed by atoms with Gasteiger partial charge in [-0.1, -0.05) is 6.07 Å². The fourth-order valence-corrected chi connectivity index (χ4v) is 2.62. The molecule has 1 heterocycles. The maximum absolute atomic E-state index is 13.0. The summed E-state index contributed by atoms with van der Waals surface area (Å²) in [6.45, 7) is 0. The first-order valence-corrected chi connectivity index (χ1v) is 6.50. The highest BCUT2D eigenvalue weighted by molar-refractivity contribution is 5.08. The lowest BCUT2D eigenvalue weighted by molar-refractivity contribution is 0.00245. The molecule has 0 amide bonds. The lowest BCUT2D eigenvalue weighted by atomic mass is 9.96. The van der Waals surface area contributed by atoms with E-state index in [0.29, 0.717) is 19.3 Å². The van der Waals surface area contributed by atoms with Gasteiger partial charge in [0, 0.05) is 25.2 Å². The van der Waals surface area contributed by atoms with Gasteiger partial charge in [-0.3, -0.25) is 4.98 Å². The Labute approximate surface area is 106 Å². The highest BCUT2D eigenvalue weighted by Crippen LogP contribution is 2.40. The molecule has 1 aromatic heterocycles. The summed E-state index contributed by atoms with van der Waals surface area (Å²) in [5.41, 5.74) is 1.08. The molecule has 2 nitrogen and oxygen atoms in total. The summed E-state index contributed by atoms with van der Waals surface area (Å²) >= 11 is 0. The number of halogens is 2. The molecule has 0 radical (unpaired) electrons. The molecule has 18 heavy (non-hydrogen) atoms. The Morgan fingerprint density at radius 2 is 2.33 bits per heavy atom. The maximum atomic E-state index is 13.0. The fraction of sp³-hybridized carbons (Fsp3) is 0.643. The lowest BCUT2D eigenvalue weighted by Gasteiger charge is -2.15. The first-order valence-electron chi connectivity index (χ1n) is 6.50. The van der Waals surface area contributed by atoms with Crippen molar-refractivity contribution in [3.8, 4) is 0 Å². The van der Waals surface area contributed by atoms with Crippen molar-refractivity contribution in [2.45, 2.75) is 50.6 Å². The van der Waals surface area contributed by atoms with Crippen molar-refractivity contribution < 1.29 is 13.9 Å². The van der Waals surface area contributed by atoms with Crippen LogP contribution in [0, 0.1) is 5.92 Å². The summed E-state index contributed by atoms with van der Waals surface area (Å²) in [5, 5.41) is 9.88. The first kappa shape index (κ1) is 13.4. The average molecular weight is 255 g/mol. The third-order valence-electron chi connectivity index (χ3n) is 3.60. The number of hydrogen-bond acceptors (Lipinski definition) is 2. The Morgan fingerprint density at radius 1 is 1.50 bits per heavy atom. The highest BCUT2D eigenvalue weighted by Gasteiger charge is 2.39. The monoisotopic (exact) mass is 255 g/mol. The summed E-state index contributed by atoms with van der Waals surface area (Å²) < 4.78 is 26.0. The van der Waals surface area contributed by atoms with Crippen LogP contribution in [0.4, 0.5) is 8.78 Å². The number of hydrogen-bond donors (Lipinski definition) is 1. The molecule has 1 aliphatic rings. The molecule has 1 N–H and O–H groups in total. The predicted molar refractivity (Wildman–Crippen MR) is 65.5 cm³/mol. The molecule has 100 valence electrons. The number of aliphatic hydroxyl groups is 1. The van der Waals surface area contributed by atoms with E-state index in [0.717, 1.165) is 12.0 Å². The fourth-order valence-electron chi connectivity index (χ4n) is 2.62. The number of aromatic nitrogens is 1. The Hall–Kier alpha value is -1.03. The van der Waals surface area contributed by atoms with Crippen LogP contribution >= 0.6 is 0 Å². The van der Waals surface area contributed by atoms with E-state index < -0.39 is 12.0 Å². The molecule has 1 aliphatic carbocycles. The zero-order chi connectivity index (χ0) is 13.0. The Kier molecular flexibility index (Phi) is 4.27. The van der Waals surface area contributed by atoms with E-state index in [9.17, 15) is 13.9 Å². The Balaban J connectivity index is 1.71. The van der Waals surface area contributed by atoms with Crippen LogP contribution in [0.5, 0.6) is 0 Å². The van der Waals surface area contributed by atoms with Crippen LogP contribution in [0.25, 0.3) is 0 Å². The van der Waals surface area contributed by atoms with E-state index in [4.69, 9.17) is 0 Å². The van der Waals surface area contributed by atoms with Gasteiger partial charge in [0.2, 0.25) is 5.92 Å². The molecular formula is C14H19F2NO. The molecule has 2 atom stereocenters. The van der Waals surface area contributed by atoms with Crippen LogP contribution in [-0.4, -0.2) is 22.1 Å². The largest absolute Gasteiger partial charge is 0.393 e.